The van der Waals surface area contributed by atoms with E-state index < -0.39 is 0 Å². The lowest BCUT2D eigenvalue weighted by Crippen LogP contribution is -2.12. The normalized spacial score (nSPS) is 18.6. The number of fused-ring (bicyclic) bond motifs is 1. The summed E-state index contributed by atoms with van der Waals surface area (Å²) in [6.07, 6.45) is 0. The lowest BCUT2D eigenvalue weighted by atomic mass is 9.94. The van der Waals surface area contributed by atoms with Crippen LogP contribution in [0, 0.1) is 6.92 Å². The molecule has 0 aliphatic carbocycles. The molecule has 0 spiro atoms. The number of nitrogens with one attached hydrogen (secondary N) is 1. The first-order valence-corrected chi connectivity index (χ1v) is 6.83. The minimum Gasteiger partial charge on any atom is -0.325 e. The molecule has 0 radical (unpaired) electrons. The Kier molecular flexibility index (Phi) is 3.07. The minimum absolute atomic E-state index is 0.0565. The van der Waals surface area contributed by atoms with Gasteiger partial charge in [0, 0.05) is 5.69 Å². The van der Waals surface area contributed by atoms with Crippen molar-refractivity contribution in [3.8, 4) is 0 Å². The largest absolute Gasteiger partial charge is 0.325 e. The molecule has 1 aliphatic heterocycles. The molecule has 2 atom stereocenters. The average molecular weight is 266 g/mol. The summed E-state index contributed by atoms with van der Waals surface area (Å²) in [5.74, 6) is -0.0452. The van der Waals surface area contributed by atoms with Gasteiger partial charge in [0.15, 0.2) is 0 Å². The van der Waals surface area contributed by atoms with E-state index in [9.17, 15) is 4.79 Å². The topological polar surface area (TPSA) is 55.1 Å². The Labute approximate surface area is 118 Å². The Balaban J connectivity index is 1.95. The third-order valence-electron chi connectivity index (χ3n) is 3.99. The van der Waals surface area contributed by atoms with Crippen LogP contribution in [0.4, 0.5) is 5.69 Å². The molecule has 0 saturated carbocycles. The molecule has 1 heterocycles. The molecule has 2 unspecified atom stereocenters. The van der Waals surface area contributed by atoms with Crippen LogP contribution in [-0.2, 0) is 4.79 Å². The molecule has 0 saturated heterocycles. The molecular weight excluding hydrogens is 248 g/mol. The molecule has 1 amide bonds. The van der Waals surface area contributed by atoms with Crippen molar-refractivity contribution in [3.63, 3.8) is 0 Å². The van der Waals surface area contributed by atoms with E-state index in [1.807, 2.05) is 25.1 Å². The molecule has 3 heteroatoms. The maximum Gasteiger partial charge on any atom is 0.231 e. The summed E-state index contributed by atoms with van der Waals surface area (Å²) < 4.78 is 0. The van der Waals surface area contributed by atoms with Crippen LogP contribution in [0.1, 0.15) is 41.1 Å². The van der Waals surface area contributed by atoms with Crippen LogP contribution in [0.3, 0.4) is 0 Å². The van der Waals surface area contributed by atoms with Crippen LogP contribution in [-0.4, -0.2) is 5.91 Å². The van der Waals surface area contributed by atoms with Gasteiger partial charge in [-0.25, -0.2) is 0 Å². The molecule has 3 nitrogen and oxygen atoms in total. The highest BCUT2D eigenvalue weighted by molar-refractivity contribution is 6.02. The summed E-state index contributed by atoms with van der Waals surface area (Å²) in [7, 11) is 0. The SMILES string of the molecule is Cc1ccc(C(N)c2ccc3c(c2)C(C)C(=O)N3)cc1. The van der Waals surface area contributed by atoms with Crippen LogP contribution in [0.2, 0.25) is 0 Å². The molecule has 2 aromatic carbocycles. The predicted octanol–water partition coefficient (Wildman–Crippen LogP) is 3.10. The molecular formula is C17H18N2O. The second-order valence-electron chi connectivity index (χ2n) is 5.45. The van der Waals surface area contributed by atoms with Gasteiger partial charge in [0.2, 0.25) is 5.91 Å². The van der Waals surface area contributed by atoms with E-state index in [0.717, 1.165) is 22.4 Å². The Morgan fingerprint density at radius 2 is 1.75 bits per heavy atom. The van der Waals surface area contributed by atoms with Crippen LogP contribution >= 0.6 is 0 Å². The van der Waals surface area contributed by atoms with E-state index in [-0.39, 0.29) is 17.9 Å². The van der Waals surface area contributed by atoms with Crippen LogP contribution < -0.4 is 11.1 Å². The van der Waals surface area contributed by atoms with Crippen molar-refractivity contribution in [1.29, 1.82) is 0 Å². The van der Waals surface area contributed by atoms with Crippen molar-refractivity contribution in [2.45, 2.75) is 25.8 Å². The maximum absolute atomic E-state index is 11.7. The van der Waals surface area contributed by atoms with E-state index in [2.05, 4.69) is 36.5 Å². The number of benzene rings is 2. The second-order valence-corrected chi connectivity index (χ2v) is 5.45. The van der Waals surface area contributed by atoms with Gasteiger partial charge < -0.3 is 11.1 Å². The van der Waals surface area contributed by atoms with Gasteiger partial charge in [0.1, 0.15) is 0 Å². The summed E-state index contributed by atoms with van der Waals surface area (Å²) in [5.41, 5.74) is 11.6. The van der Waals surface area contributed by atoms with E-state index >= 15 is 0 Å². The molecule has 3 rings (SSSR count). The third kappa shape index (κ3) is 2.10. The fourth-order valence-corrected chi connectivity index (χ4v) is 2.60. The number of hydrogen-bond donors (Lipinski definition) is 2. The monoisotopic (exact) mass is 266 g/mol. The zero-order chi connectivity index (χ0) is 14.3. The molecule has 0 fully saturated rings. The zero-order valence-electron chi connectivity index (χ0n) is 11.7. The summed E-state index contributed by atoms with van der Waals surface area (Å²) in [6, 6.07) is 14.1. The molecule has 20 heavy (non-hydrogen) atoms. The zero-order valence-corrected chi connectivity index (χ0v) is 11.7. The number of carbonyl (C=O) groups is 1. The van der Waals surface area contributed by atoms with E-state index in [1.165, 1.54) is 5.56 Å². The highest BCUT2D eigenvalue weighted by Gasteiger charge is 2.27. The Hall–Kier alpha value is -2.13. The van der Waals surface area contributed by atoms with Gasteiger partial charge in [-0.3, -0.25) is 4.79 Å². The van der Waals surface area contributed by atoms with Crippen LogP contribution in [0.15, 0.2) is 42.5 Å². The first kappa shape index (κ1) is 12.9. The van der Waals surface area contributed by atoms with Crippen LogP contribution in [0.5, 0.6) is 0 Å². The molecule has 0 aromatic heterocycles. The minimum atomic E-state index is -0.163. The second kappa shape index (κ2) is 4.76. The average Bonchev–Trinajstić information content (AvgIpc) is 2.74. The van der Waals surface area contributed by atoms with Gasteiger partial charge in [-0.2, -0.15) is 0 Å². The fraction of sp³-hybridized carbons (Fsp3) is 0.235. The number of rotatable bonds is 2. The standard InChI is InChI=1S/C17H18N2O/c1-10-3-5-12(6-4-10)16(18)13-7-8-15-14(9-13)11(2)17(20)19-15/h3-9,11,16H,18H2,1-2H3,(H,19,20). The van der Waals surface area contributed by atoms with Gasteiger partial charge in [0.25, 0.3) is 0 Å². The quantitative estimate of drug-likeness (QED) is 0.877. The number of nitrogens with two attached hydrogens (primary N) is 1. The lowest BCUT2D eigenvalue weighted by Gasteiger charge is -2.14. The van der Waals surface area contributed by atoms with Crippen molar-refractivity contribution < 1.29 is 4.79 Å². The Morgan fingerprint density at radius 3 is 2.45 bits per heavy atom. The molecule has 102 valence electrons. The molecule has 0 bridgehead atoms. The fourth-order valence-electron chi connectivity index (χ4n) is 2.60. The van der Waals surface area contributed by atoms with E-state index in [1.54, 1.807) is 0 Å². The molecule has 2 aromatic rings. The van der Waals surface area contributed by atoms with E-state index in [4.69, 9.17) is 5.73 Å². The van der Waals surface area contributed by atoms with Gasteiger partial charge in [-0.1, -0.05) is 42.0 Å². The van der Waals surface area contributed by atoms with Gasteiger partial charge in [0.05, 0.1) is 12.0 Å². The number of carbonyl (C=O) groups excluding carboxylic acids is 1. The molecule has 3 N–H and O–H groups in total. The van der Waals surface area contributed by atoms with Crippen molar-refractivity contribution >= 4 is 11.6 Å². The summed E-state index contributed by atoms with van der Waals surface area (Å²) in [4.78, 5) is 11.7. The molecule has 1 aliphatic rings. The first-order valence-electron chi connectivity index (χ1n) is 6.83. The smallest absolute Gasteiger partial charge is 0.231 e. The predicted molar refractivity (Wildman–Crippen MR) is 80.7 cm³/mol. The van der Waals surface area contributed by atoms with E-state index in [0.29, 0.717) is 0 Å². The Bertz CT molecular complexity index is 661. The Morgan fingerprint density at radius 1 is 1.10 bits per heavy atom. The highest BCUT2D eigenvalue weighted by Crippen LogP contribution is 2.34. The van der Waals surface area contributed by atoms with Crippen molar-refractivity contribution in [2.75, 3.05) is 5.32 Å². The van der Waals surface area contributed by atoms with Gasteiger partial charge >= 0.3 is 0 Å². The maximum atomic E-state index is 11.7. The number of aryl methyl sites for hydroxylation is 1. The first-order chi connectivity index (χ1) is 9.56. The van der Waals surface area contributed by atoms with Crippen molar-refractivity contribution in [1.82, 2.24) is 0 Å². The number of hydrogen-bond acceptors (Lipinski definition) is 2. The van der Waals surface area contributed by atoms with Gasteiger partial charge in [-0.05, 0) is 36.6 Å². The lowest BCUT2D eigenvalue weighted by molar-refractivity contribution is -0.116. The highest BCUT2D eigenvalue weighted by atomic mass is 16.2. The summed E-state index contributed by atoms with van der Waals surface area (Å²) in [6.45, 7) is 3.98. The van der Waals surface area contributed by atoms with Crippen molar-refractivity contribution in [3.05, 3.63) is 64.7 Å². The van der Waals surface area contributed by atoms with Gasteiger partial charge in [-0.15, -0.1) is 0 Å². The summed E-state index contributed by atoms with van der Waals surface area (Å²) in [5, 5.41) is 2.88. The third-order valence-corrected chi connectivity index (χ3v) is 3.99. The van der Waals surface area contributed by atoms with Crippen LogP contribution in [0.25, 0.3) is 0 Å². The number of amides is 1. The summed E-state index contributed by atoms with van der Waals surface area (Å²) >= 11 is 0. The van der Waals surface area contributed by atoms with Crippen molar-refractivity contribution in [2.24, 2.45) is 5.73 Å². The number of anilines is 1.